The Kier molecular flexibility index (Phi) is 5.51. The van der Waals surface area contributed by atoms with E-state index in [2.05, 4.69) is 4.90 Å². The minimum Gasteiger partial charge on any atom is -0.495 e. The van der Waals surface area contributed by atoms with Crippen LogP contribution in [0.4, 0.5) is 5.69 Å². The number of para-hydroxylation sites is 2. The average molecular weight is 437 g/mol. The summed E-state index contributed by atoms with van der Waals surface area (Å²) in [5.74, 6) is 2.29. The molecule has 0 saturated carbocycles. The number of fused-ring (bicyclic) bond motifs is 1. The van der Waals surface area contributed by atoms with E-state index < -0.39 is 6.04 Å². The summed E-state index contributed by atoms with van der Waals surface area (Å²) in [6.45, 7) is 3.32. The molecule has 5 rings (SSSR count). The number of nitrogens with zero attached hydrogens (tertiary/aromatic N) is 3. The van der Waals surface area contributed by atoms with Crippen LogP contribution >= 0.6 is 0 Å². The molecule has 2 fully saturated rings. The average Bonchev–Trinajstić information content (AvgIpc) is 3.45. The molecule has 1 atom stereocenters. The summed E-state index contributed by atoms with van der Waals surface area (Å²) in [6.07, 6.45) is 0.969. The molecule has 0 aromatic heterocycles. The van der Waals surface area contributed by atoms with Gasteiger partial charge in [-0.25, -0.2) is 0 Å². The zero-order chi connectivity index (χ0) is 22.1. The Balaban J connectivity index is 1.24. The minimum atomic E-state index is -0.411. The lowest BCUT2D eigenvalue weighted by Crippen LogP contribution is -2.54. The maximum Gasteiger partial charge on any atom is 0.245 e. The molecule has 2 amide bonds. The van der Waals surface area contributed by atoms with Crippen LogP contribution in [-0.4, -0.2) is 67.7 Å². The van der Waals surface area contributed by atoms with Gasteiger partial charge in [0.05, 0.1) is 12.8 Å². The fourth-order valence-corrected chi connectivity index (χ4v) is 4.69. The molecule has 0 N–H and O–H groups in total. The van der Waals surface area contributed by atoms with Gasteiger partial charge in [0.2, 0.25) is 18.6 Å². The highest BCUT2D eigenvalue weighted by molar-refractivity contribution is 5.91. The number of benzene rings is 2. The van der Waals surface area contributed by atoms with Gasteiger partial charge in [-0.3, -0.25) is 9.59 Å². The number of piperazine rings is 1. The van der Waals surface area contributed by atoms with E-state index >= 15 is 0 Å². The van der Waals surface area contributed by atoms with Crippen LogP contribution in [0.25, 0.3) is 0 Å². The fourth-order valence-electron chi connectivity index (χ4n) is 4.69. The Morgan fingerprint density at radius 2 is 1.84 bits per heavy atom. The molecule has 0 aliphatic carbocycles. The highest BCUT2D eigenvalue weighted by atomic mass is 16.7. The lowest BCUT2D eigenvalue weighted by atomic mass is 10.1. The second kappa shape index (κ2) is 8.61. The zero-order valence-electron chi connectivity index (χ0n) is 18.2. The Labute approximate surface area is 187 Å². The fraction of sp³-hybridized carbons (Fsp3) is 0.417. The van der Waals surface area contributed by atoms with Crippen molar-refractivity contribution in [2.75, 3.05) is 45.0 Å². The van der Waals surface area contributed by atoms with Crippen LogP contribution in [0, 0.1) is 0 Å². The number of rotatable bonds is 5. The minimum absolute atomic E-state index is 0.0219. The molecule has 0 bridgehead atoms. The van der Waals surface area contributed by atoms with Crippen molar-refractivity contribution >= 4 is 17.5 Å². The summed E-state index contributed by atoms with van der Waals surface area (Å²) in [5, 5.41) is 0. The number of ether oxygens (including phenoxy) is 3. The van der Waals surface area contributed by atoms with Gasteiger partial charge in [-0.2, -0.15) is 0 Å². The first-order valence-corrected chi connectivity index (χ1v) is 11.0. The lowest BCUT2D eigenvalue weighted by molar-refractivity contribution is -0.142. The van der Waals surface area contributed by atoms with E-state index in [1.807, 2.05) is 47.4 Å². The van der Waals surface area contributed by atoms with Crippen LogP contribution < -0.4 is 19.1 Å². The number of methoxy groups -OCH3 is 1. The third-order valence-electron chi connectivity index (χ3n) is 6.42. The Morgan fingerprint density at radius 3 is 2.66 bits per heavy atom. The topological polar surface area (TPSA) is 71.6 Å². The molecule has 2 saturated heterocycles. The monoisotopic (exact) mass is 437 g/mol. The first-order chi connectivity index (χ1) is 15.6. The second-order valence-corrected chi connectivity index (χ2v) is 8.25. The van der Waals surface area contributed by atoms with Crippen LogP contribution in [0.2, 0.25) is 0 Å². The van der Waals surface area contributed by atoms with Gasteiger partial charge >= 0.3 is 0 Å². The normalized spacial score (nSPS) is 20.1. The smallest absolute Gasteiger partial charge is 0.245 e. The third-order valence-corrected chi connectivity index (χ3v) is 6.42. The third kappa shape index (κ3) is 3.81. The van der Waals surface area contributed by atoms with Gasteiger partial charge in [0.1, 0.15) is 11.8 Å². The standard InChI is InChI=1S/C24H27N3O5/c1-30-20-5-3-2-4-18(20)25-10-12-26(13-11-25)24(29)19-7-9-23(28)27(19)15-17-6-8-21-22(14-17)32-16-31-21/h2-6,8,14,19H,7,9-13,15-16H2,1H3. The number of amides is 2. The van der Waals surface area contributed by atoms with E-state index in [4.69, 9.17) is 14.2 Å². The molecule has 8 nitrogen and oxygen atoms in total. The Bertz CT molecular complexity index is 1020. The molecule has 3 aliphatic heterocycles. The number of hydrogen-bond donors (Lipinski definition) is 0. The molecule has 1 unspecified atom stereocenters. The van der Waals surface area contributed by atoms with Crippen molar-refractivity contribution in [3.63, 3.8) is 0 Å². The molecule has 0 radical (unpaired) electrons. The summed E-state index contributed by atoms with van der Waals surface area (Å²) in [7, 11) is 1.67. The van der Waals surface area contributed by atoms with Crippen molar-refractivity contribution in [1.82, 2.24) is 9.80 Å². The molecule has 2 aromatic rings. The van der Waals surface area contributed by atoms with E-state index in [0.29, 0.717) is 44.0 Å². The van der Waals surface area contributed by atoms with Gasteiger partial charge in [0.15, 0.2) is 11.5 Å². The van der Waals surface area contributed by atoms with Crippen LogP contribution in [-0.2, 0) is 16.1 Å². The van der Waals surface area contributed by atoms with Gasteiger partial charge in [-0.05, 0) is 36.2 Å². The quantitative estimate of drug-likeness (QED) is 0.715. The largest absolute Gasteiger partial charge is 0.495 e. The molecule has 2 aromatic carbocycles. The van der Waals surface area contributed by atoms with Crippen molar-refractivity contribution in [3.05, 3.63) is 48.0 Å². The first kappa shape index (κ1) is 20.5. The van der Waals surface area contributed by atoms with E-state index in [-0.39, 0.29) is 18.6 Å². The molecular formula is C24H27N3O5. The van der Waals surface area contributed by atoms with Crippen molar-refractivity contribution in [2.45, 2.75) is 25.4 Å². The van der Waals surface area contributed by atoms with Crippen LogP contribution in [0.15, 0.2) is 42.5 Å². The second-order valence-electron chi connectivity index (χ2n) is 8.25. The number of likely N-dealkylation sites (tertiary alicyclic amines) is 1. The maximum absolute atomic E-state index is 13.3. The van der Waals surface area contributed by atoms with Crippen molar-refractivity contribution < 1.29 is 23.8 Å². The molecular weight excluding hydrogens is 410 g/mol. The van der Waals surface area contributed by atoms with Gasteiger partial charge < -0.3 is 28.9 Å². The first-order valence-electron chi connectivity index (χ1n) is 11.0. The highest BCUT2D eigenvalue weighted by Gasteiger charge is 2.39. The maximum atomic E-state index is 13.3. The molecule has 3 heterocycles. The summed E-state index contributed by atoms with van der Waals surface area (Å²) >= 11 is 0. The predicted molar refractivity (Wildman–Crippen MR) is 118 cm³/mol. The summed E-state index contributed by atoms with van der Waals surface area (Å²) in [6, 6.07) is 13.2. The zero-order valence-corrected chi connectivity index (χ0v) is 18.2. The van der Waals surface area contributed by atoms with Gasteiger partial charge in [-0.15, -0.1) is 0 Å². The highest BCUT2D eigenvalue weighted by Crippen LogP contribution is 2.34. The van der Waals surface area contributed by atoms with Crippen LogP contribution in [0.3, 0.4) is 0 Å². The van der Waals surface area contributed by atoms with Gasteiger partial charge in [0.25, 0.3) is 0 Å². The van der Waals surface area contributed by atoms with E-state index in [1.54, 1.807) is 12.0 Å². The van der Waals surface area contributed by atoms with Crippen LogP contribution in [0.1, 0.15) is 18.4 Å². The molecule has 8 heteroatoms. The molecule has 3 aliphatic rings. The summed E-state index contributed by atoms with van der Waals surface area (Å²) < 4.78 is 16.3. The number of hydrogen-bond acceptors (Lipinski definition) is 6. The van der Waals surface area contributed by atoms with Gasteiger partial charge in [-0.1, -0.05) is 18.2 Å². The van der Waals surface area contributed by atoms with Crippen molar-refractivity contribution in [3.8, 4) is 17.2 Å². The van der Waals surface area contributed by atoms with Crippen molar-refractivity contribution in [2.24, 2.45) is 0 Å². The lowest BCUT2D eigenvalue weighted by Gasteiger charge is -2.38. The Morgan fingerprint density at radius 1 is 1.06 bits per heavy atom. The summed E-state index contributed by atoms with van der Waals surface area (Å²) in [5.41, 5.74) is 1.98. The predicted octanol–water partition coefficient (Wildman–Crippen LogP) is 2.26. The summed E-state index contributed by atoms with van der Waals surface area (Å²) in [4.78, 5) is 31.8. The van der Waals surface area contributed by atoms with E-state index in [0.717, 1.165) is 30.1 Å². The van der Waals surface area contributed by atoms with Crippen molar-refractivity contribution in [1.29, 1.82) is 0 Å². The SMILES string of the molecule is COc1ccccc1N1CCN(C(=O)C2CCC(=O)N2Cc2ccc3c(c2)OCO3)CC1. The molecule has 32 heavy (non-hydrogen) atoms. The van der Waals surface area contributed by atoms with E-state index in [9.17, 15) is 9.59 Å². The molecule has 168 valence electrons. The number of carbonyl (C=O) groups is 2. The molecule has 0 spiro atoms. The number of anilines is 1. The van der Waals surface area contributed by atoms with E-state index in [1.165, 1.54) is 0 Å². The number of carbonyl (C=O) groups excluding carboxylic acids is 2. The Hall–Kier alpha value is -3.42. The van der Waals surface area contributed by atoms with Gasteiger partial charge in [0, 0.05) is 39.1 Å². The van der Waals surface area contributed by atoms with Crippen LogP contribution in [0.5, 0.6) is 17.2 Å².